The van der Waals surface area contributed by atoms with Crippen molar-refractivity contribution in [2.75, 3.05) is 18.1 Å². The van der Waals surface area contributed by atoms with Crippen LogP contribution >= 0.6 is 11.3 Å². The first-order chi connectivity index (χ1) is 16.1. The lowest BCUT2D eigenvalue weighted by atomic mass is 10.1. The molecular formula is C25H24N4O3S. The van der Waals surface area contributed by atoms with Crippen molar-refractivity contribution >= 4 is 33.5 Å². The molecule has 33 heavy (non-hydrogen) atoms. The van der Waals surface area contributed by atoms with Crippen LogP contribution in [0.25, 0.3) is 21.9 Å². The minimum atomic E-state index is -0.315. The molecule has 2 aromatic heterocycles. The van der Waals surface area contributed by atoms with E-state index in [-0.39, 0.29) is 11.5 Å². The molecule has 0 bridgehead atoms. The number of aromatic nitrogens is 3. The monoisotopic (exact) mass is 460 g/mol. The number of ether oxygens (including phenoxy) is 1. The van der Waals surface area contributed by atoms with E-state index in [2.05, 4.69) is 17.0 Å². The molecule has 0 saturated heterocycles. The molecule has 1 amide bonds. The molecule has 1 aliphatic heterocycles. The van der Waals surface area contributed by atoms with Gasteiger partial charge in [-0.3, -0.25) is 9.59 Å². The lowest BCUT2D eigenvalue weighted by molar-refractivity contribution is -0.113. The van der Waals surface area contributed by atoms with Gasteiger partial charge in [0.05, 0.1) is 17.9 Å². The summed E-state index contributed by atoms with van der Waals surface area (Å²) in [6, 6.07) is 15.2. The van der Waals surface area contributed by atoms with Gasteiger partial charge in [-0.15, -0.1) is 5.10 Å². The van der Waals surface area contributed by atoms with E-state index in [1.807, 2.05) is 55.5 Å². The molecule has 8 heteroatoms. The van der Waals surface area contributed by atoms with Crippen molar-refractivity contribution in [1.29, 1.82) is 0 Å². The Labute approximate surface area is 194 Å². The first-order valence-electron chi connectivity index (χ1n) is 11.2. The predicted molar refractivity (Wildman–Crippen MR) is 130 cm³/mol. The van der Waals surface area contributed by atoms with Crippen molar-refractivity contribution in [2.45, 2.75) is 33.1 Å². The fourth-order valence-electron chi connectivity index (χ4n) is 3.99. The van der Waals surface area contributed by atoms with Crippen LogP contribution in [0.4, 0.5) is 5.69 Å². The first-order valence-corrected chi connectivity index (χ1v) is 12.0. The Morgan fingerprint density at radius 1 is 1.00 bits per heavy atom. The van der Waals surface area contributed by atoms with E-state index in [1.165, 1.54) is 15.9 Å². The third-order valence-electron chi connectivity index (χ3n) is 5.63. The van der Waals surface area contributed by atoms with E-state index >= 15 is 0 Å². The summed E-state index contributed by atoms with van der Waals surface area (Å²) in [5, 5.41) is 4.44. The van der Waals surface area contributed by atoms with Gasteiger partial charge in [-0.25, -0.2) is 0 Å². The van der Waals surface area contributed by atoms with Crippen molar-refractivity contribution in [2.24, 2.45) is 0 Å². The average molecular weight is 461 g/mol. The molecule has 168 valence electrons. The van der Waals surface area contributed by atoms with E-state index in [1.54, 1.807) is 4.90 Å². The Balaban J connectivity index is 1.54. The topological polar surface area (TPSA) is 76.8 Å². The lowest BCUT2D eigenvalue weighted by Gasteiger charge is -2.15. The fraction of sp³-hybridized carbons (Fsp3) is 0.280. The highest BCUT2D eigenvalue weighted by Gasteiger charge is 2.33. The molecule has 0 unspecified atom stereocenters. The van der Waals surface area contributed by atoms with Gasteiger partial charge in [0, 0.05) is 17.7 Å². The average Bonchev–Trinajstić information content (AvgIpc) is 3.46. The van der Waals surface area contributed by atoms with E-state index in [4.69, 9.17) is 4.74 Å². The van der Waals surface area contributed by atoms with Gasteiger partial charge in [-0.05, 0) is 43.2 Å². The number of nitrogens with zero attached hydrogens (tertiary/aromatic N) is 4. The predicted octanol–water partition coefficient (Wildman–Crippen LogP) is 3.67. The number of rotatable bonds is 7. The van der Waals surface area contributed by atoms with Gasteiger partial charge in [0.1, 0.15) is 10.3 Å². The molecule has 0 fully saturated rings. The van der Waals surface area contributed by atoms with Gasteiger partial charge >= 0.3 is 0 Å². The number of carbonyl (C=O) groups excluding carboxylic acids is 1. The Hall–Kier alpha value is -3.52. The number of benzene rings is 2. The summed E-state index contributed by atoms with van der Waals surface area (Å²) in [6.45, 7) is 5.45. The summed E-state index contributed by atoms with van der Waals surface area (Å²) >= 11 is 1.21. The highest BCUT2D eigenvalue weighted by Crippen LogP contribution is 2.35. The standard InChI is InChI=1S/C25H24N4O3S/c1-3-5-15-32-17-12-10-16(11-13-17)22-26-25-29(27-22)24(31)21(33-25)20-18-8-6-7-9-19(18)28(14-4-2)23(20)30/h6-13H,3-5,14-15H2,1-2H3. The van der Waals surface area contributed by atoms with Gasteiger partial charge in [0.25, 0.3) is 11.5 Å². The van der Waals surface area contributed by atoms with Crippen LogP contribution in [0.1, 0.15) is 38.7 Å². The van der Waals surface area contributed by atoms with Crippen molar-refractivity contribution in [3.63, 3.8) is 0 Å². The zero-order chi connectivity index (χ0) is 22.9. The molecule has 5 rings (SSSR count). The van der Waals surface area contributed by atoms with Crippen LogP contribution in [-0.4, -0.2) is 33.7 Å². The molecule has 1 aliphatic rings. The van der Waals surface area contributed by atoms with Crippen LogP contribution in [0, 0.1) is 0 Å². The van der Waals surface area contributed by atoms with Crippen LogP contribution in [0.3, 0.4) is 0 Å². The van der Waals surface area contributed by atoms with Crippen molar-refractivity contribution in [1.82, 2.24) is 14.6 Å². The van der Waals surface area contributed by atoms with Crippen LogP contribution in [0.2, 0.25) is 0 Å². The highest BCUT2D eigenvalue weighted by atomic mass is 32.1. The molecule has 4 aromatic rings. The van der Waals surface area contributed by atoms with Gasteiger partial charge in [-0.1, -0.05) is 49.8 Å². The maximum absolute atomic E-state index is 13.2. The molecular weight excluding hydrogens is 436 g/mol. The summed E-state index contributed by atoms with van der Waals surface area (Å²) in [5.74, 6) is 1.13. The zero-order valence-electron chi connectivity index (χ0n) is 18.6. The number of thiazole rings is 1. The second kappa shape index (κ2) is 8.78. The van der Waals surface area contributed by atoms with Gasteiger partial charge in [0.15, 0.2) is 5.82 Å². The third-order valence-corrected chi connectivity index (χ3v) is 6.66. The first kappa shape index (κ1) is 21.3. The number of unbranched alkanes of at least 4 members (excludes halogenated alkanes) is 1. The van der Waals surface area contributed by atoms with Gasteiger partial charge in [0.2, 0.25) is 4.96 Å². The van der Waals surface area contributed by atoms with Crippen LogP contribution in [-0.2, 0) is 4.79 Å². The molecule has 0 radical (unpaired) electrons. The second-order valence-electron chi connectivity index (χ2n) is 7.94. The summed E-state index contributed by atoms with van der Waals surface area (Å²) in [5.41, 5.74) is 2.57. The number of amides is 1. The fourth-order valence-corrected chi connectivity index (χ4v) is 4.99. The normalized spacial score (nSPS) is 14.8. The van der Waals surface area contributed by atoms with Crippen molar-refractivity contribution in [3.05, 3.63) is 69.0 Å². The Morgan fingerprint density at radius 3 is 2.52 bits per heavy atom. The van der Waals surface area contributed by atoms with Crippen LogP contribution < -0.4 is 19.7 Å². The van der Waals surface area contributed by atoms with Crippen molar-refractivity contribution in [3.8, 4) is 17.1 Å². The van der Waals surface area contributed by atoms with Crippen LogP contribution in [0.5, 0.6) is 5.75 Å². The third kappa shape index (κ3) is 3.70. The molecule has 0 aliphatic carbocycles. The number of carbonyl (C=O) groups is 1. The Kier molecular flexibility index (Phi) is 5.68. The van der Waals surface area contributed by atoms with Gasteiger partial charge < -0.3 is 9.64 Å². The summed E-state index contributed by atoms with van der Waals surface area (Å²) < 4.78 is 7.38. The van der Waals surface area contributed by atoms with Crippen molar-refractivity contribution < 1.29 is 9.53 Å². The van der Waals surface area contributed by atoms with Crippen LogP contribution in [0.15, 0.2) is 53.3 Å². The van der Waals surface area contributed by atoms with Gasteiger partial charge in [-0.2, -0.15) is 9.50 Å². The van der Waals surface area contributed by atoms with E-state index < -0.39 is 0 Å². The maximum Gasteiger partial charge on any atom is 0.291 e. The quantitative estimate of drug-likeness (QED) is 0.393. The molecule has 0 saturated carbocycles. The highest BCUT2D eigenvalue weighted by molar-refractivity contribution is 7.15. The largest absolute Gasteiger partial charge is 0.494 e. The molecule has 3 heterocycles. The summed E-state index contributed by atoms with van der Waals surface area (Å²) in [6.07, 6.45) is 2.93. The number of hydrogen-bond donors (Lipinski definition) is 0. The molecule has 7 nitrogen and oxygen atoms in total. The molecule has 2 aromatic carbocycles. The van der Waals surface area contributed by atoms with E-state index in [9.17, 15) is 9.59 Å². The minimum absolute atomic E-state index is 0.140. The number of hydrogen-bond acceptors (Lipinski definition) is 6. The SMILES string of the molecule is CCCCOc1ccc(-c2nc3sc(=C4C(=O)N(CCC)c5ccccc54)c(=O)n3n2)cc1. The number of fused-ring (bicyclic) bond motifs is 2. The smallest absolute Gasteiger partial charge is 0.291 e. The van der Waals surface area contributed by atoms with E-state index in [0.29, 0.717) is 34.0 Å². The summed E-state index contributed by atoms with van der Waals surface area (Å²) in [7, 11) is 0. The maximum atomic E-state index is 13.2. The molecule has 0 spiro atoms. The number of anilines is 1. The molecule has 0 atom stereocenters. The Bertz CT molecular complexity index is 1440. The summed E-state index contributed by atoms with van der Waals surface area (Å²) in [4.78, 5) is 33.2. The minimum Gasteiger partial charge on any atom is -0.494 e. The lowest BCUT2D eigenvalue weighted by Crippen LogP contribution is -2.32. The Morgan fingerprint density at radius 2 is 1.79 bits per heavy atom. The second-order valence-corrected chi connectivity index (χ2v) is 8.92. The molecule has 0 N–H and O–H groups in total. The number of para-hydroxylation sites is 1. The zero-order valence-corrected chi connectivity index (χ0v) is 19.4. The van der Waals surface area contributed by atoms with E-state index in [0.717, 1.165) is 41.8 Å².